The zero-order valence-corrected chi connectivity index (χ0v) is 9.42. The minimum atomic E-state index is -0.504. The Bertz CT molecular complexity index is 258. The molecule has 0 aliphatic carbocycles. The van der Waals surface area contributed by atoms with Gasteiger partial charge in [-0.1, -0.05) is 0 Å². The molecule has 1 rings (SSSR count). The fraction of sp³-hybridized carbons (Fsp3) is 0.800. The van der Waals surface area contributed by atoms with Gasteiger partial charge in [0, 0.05) is 13.0 Å². The normalized spacial score (nSPS) is 22.3. The largest absolute Gasteiger partial charge is 0.444 e. The molecule has 0 aromatic rings. The Morgan fingerprint density at radius 1 is 1.53 bits per heavy atom. The second kappa shape index (κ2) is 4.61. The number of rotatable bonds is 1. The fourth-order valence-electron chi connectivity index (χ4n) is 1.38. The molecule has 1 aliphatic rings. The molecule has 1 fully saturated rings. The molecule has 0 saturated carbocycles. The highest BCUT2D eigenvalue weighted by atomic mass is 16.6. The number of amides is 1. The highest BCUT2D eigenvalue weighted by Gasteiger charge is 2.23. The highest BCUT2D eigenvalue weighted by Crippen LogP contribution is 2.07. The molecule has 15 heavy (non-hydrogen) atoms. The van der Waals surface area contributed by atoms with Gasteiger partial charge < -0.3 is 15.4 Å². The van der Waals surface area contributed by atoms with Gasteiger partial charge in [-0.3, -0.25) is 4.79 Å². The molecule has 0 spiro atoms. The Labute approximate surface area is 89.6 Å². The van der Waals surface area contributed by atoms with E-state index in [1.807, 2.05) is 0 Å². The summed E-state index contributed by atoms with van der Waals surface area (Å²) in [7, 11) is 0. The lowest BCUT2D eigenvalue weighted by Gasteiger charge is -2.25. The van der Waals surface area contributed by atoms with Crippen molar-refractivity contribution < 1.29 is 14.3 Å². The van der Waals surface area contributed by atoms with Gasteiger partial charge in [-0.05, 0) is 20.8 Å². The minimum absolute atomic E-state index is 0.113. The van der Waals surface area contributed by atoms with Gasteiger partial charge in [-0.2, -0.15) is 0 Å². The standard InChI is InChI=1S/C10H18N2O3/c1-10(2,3)15-9(14)12-7-4-8(13)6-11-5-7/h7,11H,4-6H2,1-3H3,(H,12,14). The molecule has 1 heterocycles. The van der Waals surface area contributed by atoms with Crippen LogP contribution in [0.15, 0.2) is 0 Å². The third-order valence-electron chi connectivity index (χ3n) is 1.91. The monoisotopic (exact) mass is 214 g/mol. The van der Waals surface area contributed by atoms with Crippen LogP contribution < -0.4 is 10.6 Å². The predicted molar refractivity (Wildman–Crippen MR) is 55.7 cm³/mol. The Morgan fingerprint density at radius 2 is 2.20 bits per heavy atom. The summed E-state index contributed by atoms with van der Waals surface area (Å²) >= 11 is 0. The molecule has 1 unspecified atom stereocenters. The highest BCUT2D eigenvalue weighted by molar-refractivity contribution is 5.82. The van der Waals surface area contributed by atoms with Crippen LogP contribution >= 0.6 is 0 Å². The molecular weight excluding hydrogens is 196 g/mol. The zero-order valence-electron chi connectivity index (χ0n) is 9.42. The van der Waals surface area contributed by atoms with E-state index in [0.29, 0.717) is 19.5 Å². The molecule has 0 radical (unpaired) electrons. The van der Waals surface area contributed by atoms with Crippen LogP contribution in [0, 0.1) is 0 Å². The minimum Gasteiger partial charge on any atom is -0.444 e. The van der Waals surface area contributed by atoms with Gasteiger partial charge in [0.05, 0.1) is 12.6 Å². The molecular formula is C10H18N2O3. The van der Waals surface area contributed by atoms with E-state index in [4.69, 9.17) is 4.74 Å². The van der Waals surface area contributed by atoms with E-state index >= 15 is 0 Å². The summed E-state index contributed by atoms with van der Waals surface area (Å²) < 4.78 is 5.09. The molecule has 0 bridgehead atoms. The second-order valence-corrected chi connectivity index (χ2v) is 4.72. The zero-order chi connectivity index (χ0) is 11.5. The van der Waals surface area contributed by atoms with Gasteiger partial charge in [-0.25, -0.2) is 4.79 Å². The van der Waals surface area contributed by atoms with E-state index in [1.165, 1.54) is 0 Å². The number of hydrogen-bond donors (Lipinski definition) is 2. The van der Waals surface area contributed by atoms with Crippen molar-refractivity contribution in [3.63, 3.8) is 0 Å². The molecule has 2 N–H and O–H groups in total. The Kier molecular flexibility index (Phi) is 3.68. The molecule has 5 nitrogen and oxygen atoms in total. The lowest BCUT2D eigenvalue weighted by atomic mass is 10.1. The van der Waals surface area contributed by atoms with Gasteiger partial charge in [0.1, 0.15) is 11.4 Å². The van der Waals surface area contributed by atoms with Crippen LogP contribution in [-0.2, 0) is 9.53 Å². The van der Waals surface area contributed by atoms with Crippen molar-refractivity contribution in [3.05, 3.63) is 0 Å². The predicted octanol–water partition coefficient (Wildman–Crippen LogP) is 0.442. The molecule has 5 heteroatoms. The van der Waals surface area contributed by atoms with E-state index in [0.717, 1.165) is 0 Å². The van der Waals surface area contributed by atoms with Gasteiger partial charge in [0.25, 0.3) is 0 Å². The van der Waals surface area contributed by atoms with Crippen LogP contribution in [0.5, 0.6) is 0 Å². The first-order chi connectivity index (χ1) is 6.87. The maximum Gasteiger partial charge on any atom is 0.407 e. The van der Waals surface area contributed by atoms with Crippen molar-refractivity contribution in [2.75, 3.05) is 13.1 Å². The number of piperidine rings is 1. The third kappa shape index (κ3) is 4.78. The Hall–Kier alpha value is -1.10. The first-order valence-corrected chi connectivity index (χ1v) is 5.09. The van der Waals surface area contributed by atoms with Crippen LogP contribution in [-0.4, -0.2) is 36.6 Å². The van der Waals surface area contributed by atoms with Crippen molar-refractivity contribution in [3.8, 4) is 0 Å². The van der Waals surface area contributed by atoms with E-state index in [9.17, 15) is 9.59 Å². The summed E-state index contributed by atoms with van der Waals surface area (Å²) in [4.78, 5) is 22.4. The number of hydrogen-bond acceptors (Lipinski definition) is 4. The molecule has 1 saturated heterocycles. The van der Waals surface area contributed by atoms with E-state index in [-0.39, 0.29) is 11.8 Å². The Morgan fingerprint density at radius 3 is 2.73 bits per heavy atom. The first kappa shape index (κ1) is 12.0. The van der Waals surface area contributed by atoms with Gasteiger partial charge >= 0.3 is 6.09 Å². The van der Waals surface area contributed by atoms with E-state index < -0.39 is 11.7 Å². The summed E-state index contributed by atoms with van der Waals surface area (Å²) in [5.41, 5.74) is -0.504. The first-order valence-electron chi connectivity index (χ1n) is 5.09. The topological polar surface area (TPSA) is 67.4 Å². The fourth-order valence-corrected chi connectivity index (χ4v) is 1.38. The molecule has 86 valence electrons. The lowest BCUT2D eigenvalue weighted by Crippen LogP contribution is -2.50. The molecule has 0 aromatic heterocycles. The number of carbonyl (C=O) groups is 2. The van der Waals surface area contributed by atoms with Gasteiger partial charge in [-0.15, -0.1) is 0 Å². The van der Waals surface area contributed by atoms with Crippen LogP contribution in [0.25, 0.3) is 0 Å². The summed E-state index contributed by atoms with van der Waals surface area (Å²) in [5.74, 6) is 0.113. The molecule has 1 amide bonds. The number of ketones is 1. The smallest absolute Gasteiger partial charge is 0.407 e. The average molecular weight is 214 g/mol. The van der Waals surface area contributed by atoms with Crippen LogP contribution in [0.1, 0.15) is 27.2 Å². The number of ether oxygens (including phenoxy) is 1. The van der Waals surface area contributed by atoms with Gasteiger partial charge in [0.15, 0.2) is 0 Å². The molecule has 1 atom stereocenters. The quantitative estimate of drug-likeness (QED) is 0.664. The van der Waals surface area contributed by atoms with Crippen molar-refractivity contribution in [1.82, 2.24) is 10.6 Å². The van der Waals surface area contributed by atoms with E-state index in [2.05, 4.69) is 10.6 Å². The molecule has 1 aliphatic heterocycles. The van der Waals surface area contributed by atoms with Crippen molar-refractivity contribution >= 4 is 11.9 Å². The Balaban J connectivity index is 2.34. The van der Waals surface area contributed by atoms with Gasteiger partial charge in [0.2, 0.25) is 0 Å². The van der Waals surface area contributed by atoms with Crippen molar-refractivity contribution in [2.24, 2.45) is 0 Å². The van der Waals surface area contributed by atoms with Crippen molar-refractivity contribution in [2.45, 2.75) is 38.8 Å². The summed E-state index contributed by atoms with van der Waals surface area (Å²) in [5, 5.41) is 5.59. The molecule has 0 aromatic carbocycles. The SMILES string of the molecule is CC(C)(C)OC(=O)NC1CNCC(=O)C1. The lowest BCUT2D eigenvalue weighted by molar-refractivity contribution is -0.119. The number of carbonyl (C=O) groups excluding carboxylic acids is 2. The summed E-state index contributed by atoms with van der Waals surface area (Å²) in [6.07, 6.45) is -0.0873. The summed E-state index contributed by atoms with van der Waals surface area (Å²) in [6.45, 7) is 6.42. The van der Waals surface area contributed by atoms with E-state index in [1.54, 1.807) is 20.8 Å². The number of nitrogens with one attached hydrogen (secondary N) is 2. The number of alkyl carbamates (subject to hydrolysis) is 1. The van der Waals surface area contributed by atoms with Crippen LogP contribution in [0.2, 0.25) is 0 Å². The third-order valence-corrected chi connectivity index (χ3v) is 1.91. The van der Waals surface area contributed by atoms with Crippen LogP contribution in [0.4, 0.5) is 4.79 Å². The van der Waals surface area contributed by atoms with Crippen LogP contribution in [0.3, 0.4) is 0 Å². The summed E-state index contributed by atoms with van der Waals surface area (Å²) in [6, 6.07) is -0.152. The maximum absolute atomic E-state index is 11.4. The van der Waals surface area contributed by atoms with Crippen molar-refractivity contribution in [1.29, 1.82) is 0 Å². The maximum atomic E-state index is 11.4. The average Bonchev–Trinajstić information content (AvgIpc) is 1.99. The second-order valence-electron chi connectivity index (χ2n) is 4.72. The number of Topliss-reactive ketones (excluding diaryl/α,β-unsaturated/α-hetero) is 1.